The van der Waals surface area contributed by atoms with Crippen LogP contribution in [0.4, 0.5) is 17.6 Å². The number of alkyl halides is 3. The van der Waals surface area contributed by atoms with Gasteiger partial charge in [-0.15, -0.1) is 0 Å². The van der Waals surface area contributed by atoms with Crippen molar-refractivity contribution in [3.63, 3.8) is 0 Å². The van der Waals surface area contributed by atoms with Crippen molar-refractivity contribution < 1.29 is 27.5 Å². The number of carbonyl (C=O) groups is 1. The number of aliphatic carboxylic acids is 1. The van der Waals surface area contributed by atoms with Crippen molar-refractivity contribution in [1.82, 2.24) is 9.38 Å². The Bertz CT molecular complexity index is 1530. The average molecular weight is 506 g/mol. The molecule has 0 saturated heterocycles. The van der Waals surface area contributed by atoms with E-state index in [1.54, 1.807) is 47.1 Å². The van der Waals surface area contributed by atoms with Gasteiger partial charge in [-0.1, -0.05) is 36.8 Å². The van der Waals surface area contributed by atoms with E-state index in [-0.39, 0.29) is 11.5 Å². The molecule has 37 heavy (non-hydrogen) atoms. The molecule has 0 unspecified atom stereocenters. The third-order valence-corrected chi connectivity index (χ3v) is 6.66. The number of imidazole rings is 1. The molecular weight excluding hydrogens is 484 g/mol. The maximum Gasteiger partial charge on any atom is 0.417 e. The zero-order chi connectivity index (χ0) is 26.2. The van der Waals surface area contributed by atoms with E-state index in [9.17, 15) is 22.4 Å². The van der Waals surface area contributed by atoms with Crippen molar-refractivity contribution >= 4 is 28.8 Å². The fourth-order valence-corrected chi connectivity index (χ4v) is 4.72. The summed E-state index contributed by atoms with van der Waals surface area (Å²) in [7, 11) is 0. The number of hydrogen-bond acceptors (Lipinski definition) is 2. The van der Waals surface area contributed by atoms with Gasteiger partial charge in [0, 0.05) is 24.7 Å². The summed E-state index contributed by atoms with van der Waals surface area (Å²) in [6.45, 7) is 0. The van der Waals surface area contributed by atoms with Crippen LogP contribution in [0.2, 0.25) is 0 Å². The fraction of sp³-hybridized carbons (Fsp3) is 0.172. The van der Waals surface area contributed by atoms with Crippen molar-refractivity contribution in [3.05, 3.63) is 113 Å². The van der Waals surface area contributed by atoms with E-state index >= 15 is 0 Å². The van der Waals surface area contributed by atoms with Crippen LogP contribution in [0.1, 0.15) is 47.1 Å². The second kappa shape index (κ2) is 9.69. The molecule has 0 bridgehead atoms. The van der Waals surface area contributed by atoms with Gasteiger partial charge in [-0.3, -0.25) is 0 Å². The number of benzene rings is 2. The summed E-state index contributed by atoms with van der Waals surface area (Å²) in [5.74, 6) is -2.16. The molecule has 4 aromatic rings. The van der Waals surface area contributed by atoms with Crippen molar-refractivity contribution in [2.75, 3.05) is 0 Å². The van der Waals surface area contributed by atoms with Gasteiger partial charge in [0.25, 0.3) is 0 Å². The number of hydrogen-bond donors (Lipinski definition) is 1. The maximum absolute atomic E-state index is 14.2. The molecule has 2 heterocycles. The summed E-state index contributed by atoms with van der Waals surface area (Å²) in [6.07, 6.45) is 5.29. The van der Waals surface area contributed by atoms with Gasteiger partial charge in [-0.25, -0.2) is 14.2 Å². The Kier molecular flexibility index (Phi) is 6.41. The quantitative estimate of drug-likeness (QED) is 0.169. The first-order valence-corrected chi connectivity index (χ1v) is 11.8. The Balaban J connectivity index is 1.80. The third-order valence-electron chi connectivity index (χ3n) is 6.66. The summed E-state index contributed by atoms with van der Waals surface area (Å²) in [4.78, 5) is 15.2. The van der Waals surface area contributed by atoms with Crippen LogP contribution < -0.4 is 0 Å². The predicted octanol–water partition coefficient (Wildman–Crippen LogP) is 7.35. The van der Waals surface area contributed by atoms with Gasteiger partial charge in [-0.05, 0) is 82.5 Å². The zero-order valence-electron chi connectivity index (χ0n) is 19.5. The van der Waals surface area contributed by atoms with Gasteiger partial charge < -0.3 is 9.51 Å². The van der Waals surface area contributed by atoms with Crippen LogP contribution in [0.15, 0.2) is 79.3 Å². The molecule has 1 aliphatic carbocycles. The van der Waals surface area contributed by atoms with E-state index < -0.39 is 23.5 Å². The number of halogens is 4. The zero-order valence-corrected chi connectivity index (χ0v) is 19.5. The lowest BCUT2D eigenvalue weighted by Gasteiger charge is -2.33. The summed E-state index contributed by atoms with van der Waals surface area (Å²) >= 11 is 0. The SMILES string of the molecule is O=C(O)/C=C/c1ccc(/C(=C(\c2ccc(F)cc2C(F)(F)F)C2CCC2)c2ccc3nccn3c2)cc1. The van der Waals surface area contributed by atoms with E-state index in [0.29, 0.717) is 39.6 Å². The van der Waals surface area contributed by atoms with E-state index in [1.165, 1.54) is 12.1 Å². The first-order chi connectivity index (χ1) is 17.7. The molecule has 1 N–H and O–H groups in total. The molecule has 4 nitrogen and oxygen atoms in total. The van der Waals surface area contributed by atoms with Crippen molar-refractivity contribution in [3.8, 4) is 0 Å². The lowest BCUT2D eigenvalue weighted by atomic mass is 9.72. The lowest BCUT2D eigenvalue weighted by molar-refractivity contribution is -0.138. The lowest BCUT2D eigenvalue weighted by Crippen LogP contribution is -2.19. The predicted molar refractivity (Wildman–Crippen MR) is 133 cm³/mol. The monoisotopic (exact) mass is 506 g/mol. The van der Waals surface area contributed by atoms with Crippen LogP contribution in [-0.2, 0) is 11.0 Å². The topological polar surface area (TPSA) is 54.6 Å². The van der Waals surface area contributed by atoms with Gasteiger partial charge in [0.2, 0.25) is 0 Å². The standard InChI is InChI=1S/C29H22F4N2O2/c30-22-10-11-23(24(16-22)29(31,32)33)28(19-2-1-3-19)27(21-9-12-25-34-14-15-35(25)17-21)20-7-4-18(5-8-20)6-13-26(36)37/h4-17,19H,1-3H2,(H,36,37)/b13-6+,28-27+. The molecule has 2 aromatic carbocycles. The molecule has 0 spiro atoms. The van der Waals surface area contributed by atoms with Crippen LogP contribution in [-0.4, -0.2) is 20.5 Å². The minimum Gasteiger partial charge on any atom is -0.478 e. The highest BCUT2D eigenvalue weighted by atomic mass is 19.4. The van der Waals surface area contributed by atoms with Crippen LogP contribution in [0.25, 0.3) is 22.9 Å². The fourth-order valence-electron chi connectivity index (χ4n) is 4.72. The molecule has 1 aliphatic rings. The van der Waals surface area contributed by atoms with E-state index in [4.69, 9.17) is 5.11 Å². The highest BCUT2D eigenvalue weighted by molar-refractivity contribution is 6.00. The highest BCUT2D eigenvalue weighted by Crippen LogP contribution is 2.48. The molecule has 0 amide bonds. The molecular formula is C29H22F4N2O2. The Morgan fingerprint density at radius 2 is 1.76 bits per heavy atom. The number of carboxylic acid groups (broad SMARTS) is 1. The molecule has 1 fully saturated rings. The number of carboxylic acids is 1. The van der Waals surface area contributed by atoms with Crippen molar-refractivity contribution in [2.45, 2.75) is 25.4 Å². The minimum absolute atomic E-state index is 0.0332. The summed E-state index contributed by atoms with van der Waals surface area (Å²) in [5.41, 5.74) is 2.80. The average Bonchev–Trinajstić information content (AvgIpc) is 3.29. The molecule has 0 aliphatic heterocycles. The Hall–Kier alpha value is -4.20. The van der Waals surface area contributed by atoms with E-state index in [0.717, 1.165) is 31.4 Å². The largest absolute Gasteiger partial charge is 0.478 e. The molecule has 0 radical (unpaired) electrons. The summed E-state index contributed by atoms with van der Waals surface area (Å²) in [5, 5.41) is 8.92. The first kappa shape index (κ1) is 24.5. The number of aromatic nitrogens is 2. The Morgan fingerprint density at radius 1 is 1.03 bits per heavy atom. The Morgan fingerprint density at radius 3 is 2.41 bits per heavy atom. The van der Waals surface area contributed by atoms with Crippen molar-refractivity contribution in [2.24, 2.45) is 5.92 Å². The minimum atomic E-state index is -4.74. The second-order valence-electron chi connectivity index (χ2n) is 9.01. The van der Waals surface area contributed by atoms with Gasteiger partial charge in [-0.2, -0.15) is 13.2 Å². The first-order valence-electron chi connectivity index (χ1n) is 11.8. The summed E-state index contributed by atoms with van der Waals surface area (Å²) < 4.78 is 58.3. The maximum atomic E-state index is 14.2. The number of nitrogens with zero attached hydrogens (tertiary/aromatic N) is 2. The number of fused-ring (bicyclic) bond motifs is 1. The van der Waals surface area contributed by atoms with Gasteiger partial charge in [0.05, 0.1) is 5.56 Å². The van der Waals surface area contributed by atoms with Gasteiger partial charge in [0.15, 0.2) is 0 Å². The number of rotatable bonds is 6. The molecule has 1 saturated carbocycles. The molecule has 8 heteroatoms. The summed E-state index contributed by atoms with van der Waals surface area (Å²) in [6, 6.07) is 13.5. The third kappa shape index (κ3) is 5.05. The molecule has 0 atom stereocenters. The number of pyridine rings is 1. The van der Waals surface area contributed by atoms with Gasteiger partial charge >= 0.3 is 12.1 Å². The van der Waals surface area contributed by atoms with Crippen molar-refractivity contribution in [1.29, 1.82) is 0 Å². The Labute approximate surface area is 210 Å². The highest BCUT2D eigenvalue weighted by Gasteiger charge is 2.38. The van der Waals surface area contributed by atoms with E-state index in [1.807, 2.05) is 12.3 Å². The normalized spacial score (nSPS) is 15.1. The molecule has 2 aromatic heterocycles. The number of allylic oxidation sites excluding steroid dienone is 1. The molecule has 5 rings (SSSR count). The van der Waals surface area contributed by atoms with Crippen LogP contribution >= 0.6 is 0 Å². The van der Waals surface area contributed by atoms with E-state index in [2.05, 4.69) is 4.98 Å². The van der Waals surface area contributed by atoms with Crippen LogP contribution in [0, 0.1) is 11.7 Å². The smallest absolute Gasteiger partial charge is 0.417 e. The molecule has 188 valence electrons. The van der Waals surface area contributed by atoms with Crippen LogP contribution in [0.3, 0.4) is 0 Å². The second-order valence-corrected chi connectivity index (χ2v) is 9.01. The van der Waals surface area contributed by atoms with Gasteiger partial charge in [0.1, 0.15) is 11.5 Å². The van der Waals surface area contributed by atoms with Crippen LogP contribution in [0.5, 0.6) is 0 Å².